The lowest BCUT2D eigenvalue weighted by Crippen LogP contribution is -2.50. The van der Waals surface area contributed by atoms with Crippen LogP contribution in [-0.4, -0.2) is 42.5 Å². The fourth-order valence-corrected chi connectivity index (χ4v) is 3.88. The van der Waals surface area contributed by atoms with E-state index in [0.717, 1.165) is 42.6 Å². The van der Waals surface area contributed by atoms with E-state index in [2.05, 4.69) is 5.32 Å². The first kappa shape index (κ1) is 22.7. The third kappa shape index (κ3) is 6.48. The van der Waals surface area contributed by atoms with Gasteiger partial charge in [-0.25, -0.2) is 0 Å². The maximum Gasteiger partial charge on any atom is 0.261 e. The summed E-state index contributed by atoms with van der Waals surface area (Å²) in [4.78, 5) is 27.6. The minimum atomic E-state index is -0.590. The van der Waals surface area contributed by atoms with Crippen molar-refractivity contribution < 1.29 is 19.1 Å². The van der Waals surface area contributed by atoms with Crippen molar-refractivity contribution in [1.82, 2.24) is 10.2 Å². The molecule has 1 aliphatic rings. The van der Waals surface area contributed by atoms with Gasteiger partial charge in [-0.3, -0.25) is 9.59 Å². The summed E-state index contributed by atoms with van der Waals surface area (Å²) in [5, 5.41) is 3.11. The van der Waals surface area contributed by atoms with Gasteiger partial charge in [-0.1, -0.05) is 42.7 Å². The van der Waals surface area contributed by atoms with Gasteiger partial charge in [0.25, 0.3) is 5.91 Å². The van der Waals surface area contributed by atoms with E-state index in [9.17, 15) is 9.59 Å². The van der Waals surface area contributed by atoms with Gasteiger partial charge in [-0.2, -0.15) is 0 Å². The predicted octanol–water partition coefficient (Wildman–Crippen LogP) is 3.86. The standard InChI is InChI=1S/C25H32N2O4/c1-18-7-6-8-20(15-18)16-27(19(2)25(29)26-21-9-4-5-10-21)24(28)17-31-23-13-11-22(30-3)12-14-23/h6-8,11-15,19,21H,4-5,9-10,16-17H2,1-3H3,(H,26,29)/t19-/m1/s1. The van der Waals surface area contributed by atoms with Crippen LogP contribution in [0.2, 0.25) is 0 Å². The van der Waals surface area contributed by atoms with Gasteiger partial charge in [0.2, 0.25) is 5.91 Å². The molecule has 6 nitrogen and oxygen atoms in total. The molecule has 2 amide bonds. The number of hydrogen-bond donors (Lipinski definition) is 1. The lowest BCUT2D eigenvalue weighted by Gasteiger charge is -2.29. The Balaban J connectivity index is 1.69. The number of benzene rings is 2. The molecule has 0 aliphatic heterocycles. The lowest BCUT2D eigenvalue weighted by atomic mass is 10.1. The van der Waals surface area contributed by atoms with E-state index in [1.165, 1.54) is 0 Å². The van der Waals surface area contributed by atoms with E-state index < -0.39 is 6.04 Å². The van der Waals surface area contributed by atoms with Crippen molar-refractivity contribution in [2.75, 3.05) is 13.7 Å². The normalized spacial score (nSPS) is 14.7. The zero-order valence-corrected chi connectivity index (χ0v) is 18.6. The molecule has 2 aromatic carbocycles. The Hall–Kier alpha value is -3.02. The second-order valence-electron chi connectivity index (χ2n) is 8.14. The van der Waals surface area contributed by atoms with E-state index in [-0.39, 0.29) is 24.5 Å². The summed E-state index contributed by atoms with van der Waals surface area (Å²) < 4.78 is 10.8. The Morgan fingerprint density at radius 1 is 1.10 bits per heavy atom. The quantitative estimate of drug-likeness (QED) is 0.664. The summed E-state index contributed by atoms with van der Waals surface area (Å²) in [6, 6.07) is 14.7. The minimum absolute atomic E-state index is 0.114. The summed E-state index contributed by atoms with van der Waals surface area (Å²) in [6.07, 6.45) is 4.29. The molecule has 166 valence electrons. The van der Waals surface area contributed by atoms with Crippen LogP contribution in [0.4, 0.5) is 0 Å². The summed E-state index contributed by atoms with van der Waals surface area (Å²) >= 11 is 0. The molecule has 1 aliphatic carbocycles. The van der Waals surface area contributed by atoms with Crippen LogP contribution in [0.25, 0.3) is 0 Å². The maximum absolute atomic E-state index is 13.1. The van der Waals surface area contributed by atoms with Crippen molar-refractivity contribution in [1.29, 1.82) is 0 Å². The number of hydrogen-bond acceptors (Lipinski definition) is 4. The highest BCUT2D eigenvalue weighted by atomic mass is 16.5. The topological polar surface area (TPSA) is 67.9 Å². The summed E-state index contributed by atoms with van der Waals surface area (Å²) in [7, 11) is 1.60. The smallest absolute Gasteiger partial charge is 0.261 e. The molecular formula is C25H32N2O4. The number of methoxy groups -OCH3 is 1. The summed E-state index contributed by atoms with van der Waals surface area (Å²) in [5.74, 6) is 0.952. The first-order chi connectivity index (χ1) is 15.0. The van der Waals surface area contributed by atoms with Crippen LogP contribution in [0, 0.1) is 6.92 Å². The average Bonchev–Trinajstić information content (AvgIpc) is 3.28. The summed E-state index contributed by atoms with van der Waals surface area (Å²) in [6.45, 7) is 4.01. The average molecular weight is 425 g/mol. The number of carbonyl (C=O) groups excluding carboxylic acids is 2. The molecule has 6 heteroatoms. The second-order valence-corrected chi connectivity index (χ2v) is 8.14. The third-order valence-electron chi connectivity index (χ3n) is 5.73. The molecule has 0 radical (unpaired) electrons. The van der Waals surface area contributed by atoms with Crippen molar-refractivity contribution in [2.45, 2.75) is 58.2 Å². The fourth-order valence-electron chi connectivity index (χ4n) is 3.88. The third-order valence-corrected chi connectivity index (χ3v) is 5.73. The molecule has 2 aromatic rings. The van der Waals surface area contributed by atoms with Crippen LogP contribution in [0.15, 0.2) is 48.5 Å². The number of nitrogens with one attached hydrogen (secondary N) is 1. The van der Waals surface area contributed by atoms with Gasteiger partial charge < -0.3 is 19.7 Å². The number of amides is 2. The maximum atomic E-state index is 13.1. The molecule has 0 unspecified atom stereocenters. The van der Waals surface area contributed by atoms with Gasteiger partial charge in [-0.05, 0) is 56.5 Å². The van der Waals surface area contributed by atoms with E-state index in [0.29, 0.717) is 12.3 Å². The van der Waals surface area contributed by atoms with Crippen LogP contribution in [0.5, 0.6) is 11.5 Å². The number of rotatable bonds is 9. The highest BCUT2D eigenvalue weighted by molar-refractivity contribution is 5.88. The van der Waals surface area contributed by atoms with Gasteiger partial charge in [0.1, 0.15) is 17.5 Å². The molecule has 0 saturated heterocycles. The molecule has 1 fully saturated rings. The number of nitrogens with zero attached hydrogens (tertiary/aromatic N) is 1. The minimum Gasteiger partial charge on any atom is -0.497 e. The van der Waals surface area contributed by atoms with Gasteiger partial charge in [0, 0.05) is 12.6 Å². The zero-order valence-electron chi connectivity index (χ0n) is 18.6. The lowest BCUT2D eigenvalue weighted by molar-refractivity contribution is -0.142. The Morgan fingerprint density at radius 2 is 1.77 bits per heavy atom. The van der Waals surface area contributed by atoms with E-state index >= 15 is 0 Å². The Bertz CT molecular complexity index is 875. The highest BCUT2D eigenvalue weighted by Crippen LogP contribution is 2.20. The van der Waals surface area contributed by atoms with Crippen molar-refractivity contribution in [3.63, 3.8) is 0 Å². The zero-order chi connectivity index (χ0) is 22.2. The van der Waals surface area contributed by atoms with E-state index in [1.54, 1.807) is 43.2 Å². The van der Waals surface area contributed by atoms with E-state index in [4.69, 9.17) is 9.47 Å². The van der Waals surface area contributed by atoms with Gasteiger partial charge in [0.15, 0.2) is 6.61 Å². The predicted molar refractivity (Wildman–Crippen MR) is 120 cm³/mol. The van der Waals surface area contributed by atoms with Crippen LogP contribution in [-0.2, 0) is 16.1 Å². The van der Waals surface area contributed by atoms with Gasteiger partial charge in [0.05, 0.1) is 7.11 Å². The molecule has 31 heavy (non-hydrogen) atoms. The van der Waals surface area contributed by atoms with Crippen LogP contribution in [0.1, 0.15) is 43.7 Å². The molecule has 0 aromatic heterocycles. The monoisotopic (exact) mass is 424 g/mol. The molecule has 1 atom stereocenters. The molecule has 0 heterocycles. The van der Waals surface area contributed by atoms with E-state index in [1.807, 2.05) is 31.2 Å². The molecule has 1 saturated carbocycles. The number of aryl methyl sites for hydroxylation is 1. The van der Waals surface area contributed by atoms with Crippen LogP contribution in [0.3, 0.4) is 0 Å². The van der Waals surface area contributed by atoms with Crippen molar-refractivity contribution in [3.05, 3.63) is 59.7 Å². The van der Waals surface area contributed by atoms with Crippen LogP contribution >= 0.6 is 0 Å². The van der Waals surface area contributed by atoms with Gasteiger partial charge in [-0.15, -0.1) is 0 Å². The number of carbonyl (C=O) groups is 2. The SMILES string of the molecule is COc1ccc(OCC(=O)N(Cc2cccc(C)c2)[C@H](C)C(=O)NC2CCCC2)cc1. The summed E-state index contributed by atoms with van der Waals surface area (Å²) in [5.41, 5.74) is 2.10. The van der Waals surface area contributed by atoms with Crippen LogP contribution < -0.4 is 14.8 Å². The van der Waals surface area contributed by atoms with Crippen molar-refractivity contribution in [2.24, 2.45) is 0 Å². The fraction of sp³-hybridized carbons (Fsp3) is 0.440. The molecular weight excluding hydrogens is 392 g/mol. The molecule has 1 N–H and O–H groups in total. The highest BCUT2D eigenvalue weighted by Gasteiger charge is 2.28. The van der Waals surface area contributed by atoms with Crippen molar-refractivity contribution >= 4 is 11.8 Å². The Morgan fingerprint density at radius 3 is 2.42 bits per heavy atom. The Kier molecular flexibility index (Phi) is 7.93. The molecule has 3 rings (SSSR count). The molecule has 0 spiro atoms. The first-order valence-electron chi connectivity index (χ1n) is 10.9. The van der Waals surface area contributed by atoms with Crippen molar-refractivity contribution in [3.8, 4) is 11.5 Å². The second kappa shape index (κ2) is 10.8. The molecule has 0 bridgehead atoms. The Labute approximate surface area is 184 Å². The van der Waals surface area contributed by atoms with Gasteiger partial charge >= 0.3 is 0 Å². The first-order valence-corrected chi connectivity index (χ1v) is 10.9. The largest absolute Gasteiger partial charge is 0.497 e. The number of ether oxygens (including phenoxy) is 2.